The van der Waals surface area contributed by atoms with Gasteiger partial charge in [0.05, 0.1) is 6.61 Å². The van der Waals surface area contributed by atoms with Crippen LogP contribution in [0.15, 0.2) is 97.1 Å². The topological polar surface area (TPSA) is 46.5 Å². The molecule has 0 aromatic heterocycles. The largest absolute Gasteiger partial charge is 0.457 e. The Hall–Kier alpha value is -4.02. The first-order valence-corrected chi connectivity index (χ1v) is 13.4. The van der Waals surface area contributed by atoms with E-state index in [2.05, 4.69) is 37.8 Å². The van der Waals surface area contributed by atoms with Gasteiger partial charge in [-0.25, -0.2) is 9.18 Å². The van der Waals surface area contributed by atoms with Gasteiger partial charge in [-0.15, -0.1) is 0 Å². The van der Waals surface area contributed by atoms with Crippen LogP contribution in [0.1, 0.15) is 49.8 Å². The van der Waals surface area contributed by atoms with Gasteiger partial charge in [0.15, 0.2) is 0 Å². The molecule has 4 rings (SSSR count). The minimum absolute atomic E-state index is 0.0515. The van der Waals surface area contributed by atoms with Crippen molar-refractivity contribution in [2.24, 2.45) is 0 Å². The molecule has 200 valence electrons. The van der Waals surface area contributed by atoms with E-state index in [4.69, 9.17) is 4.74 Å². The van der Waals surface area contributed by atoms with Crippen molar-refractivity contribution in [2.45, 2.75) is 52.7 Å². The molecule has 0 saturated heterocycles. The van der Waals surface area contributed by atoms with Gasteiger partial charge < -0.3 is 9.84 Å². The fourth-order valence-corrected chi connectivity index (χ4v) is 4.59. The number of hydrogen-bond donors (Lipinski definition) is 1. The minimum Gasteiger partial charge on any atom is -0.457 e. The summed E-state index contributed by atoms with van der Waals surface area (Å²) in [7, 11) is 0. The second-order valence-electron chi connectivity index (χ2n) is 9.93. The number of carbonyl (C=O) groups is 1. The third-order valence-electron chi connectivity index (χ3n) is 6.90. The highest BCUT2D eigenvalue weighted by molar-refractivity contribution is 5.87. The maximum Gasteiger partial charge on any atom is 0.333 e. The molecule has 39 heavy (non-hydrogen) atoms. The Morgan fingerprint density at radius 2 is 1.41 bits per heavy atom. The van der Waals surface area contributed by atoms with Crippen LogP contribution in [0.25, 0.3) is 33.4 Å². The predicted octanol–water partition coefficient (Wildman–Crippen LogP) is 8.67. The zero-order chi connectivity index (χ0) is 27.8. The molecule has 0 fully saturated rings. The molecule has 0 aliphatic rings. The number of unbranched alkanes of at least 4 members (excludes halogenated alkanes) is 2. The summed E-state index contributed by atoms with van der Waals surface area (Å²) < 4.78 is 20.8. The Kier molecular flexibility index (Phi) is 9.45. The summed E-state index contributed by atoms with van der Waals surface area (Å²) in [5.41, 5.74) is 7.99. The number of aliphatic hydroxyl groups is 1. The molecule has 0 heterocycles. The van der Waals surface area contributed by atoms with E-state index in [0.717, 1.165) is 39.8 Å². The Balaban J connectivity index is 1.66. The first-order chi connectivity index (χ1) is 18.9. The highest BCUT2D eigenvalue weighted by atomic mass is 19.1. The number of aliphatic hydroxyl groups excluding tert-OH is 1. The molecule has 1 N–H and O–H groups in total. The average molecular weight is 523 g/mol. The highest BCUT2D eigenvalue weighted by Gasteiger charge is 2.14. The zero-order valence-electron chi connectivity index (χ0n) is 22.7. The van der Waals surface area contributed by atoms with Crippen molar-refractivity contribution >= 4 is 5.97 Å². The molecule has 0 unspecified atom stereocenters. The van der Waals surface area contributed by atoms with Gasteiger partial charge >= 0.3 is 5.97 Å². The van der Waals surface area contributed by atoms with Gasteiger partial charge in [0.2, 0.25) is 0 Å². The molecule has 4 aromatic rings. The van der Waals surface area contributed by atoms with Gasteiger partial charge in [0, 0.05) is 11.1 Å². The van der Waals surface area contributed by atoms with Crippen molar-refractivity contribution < 1.29 is 19.0 Å². The predicted molar refractivity (Wildman–Crippen MR) is 156 cm³/mol. The van der Waals surface area contributed by atoms with E-state index < -0.39 is 5.97 Å². The maximum atomic E-state index is 15.3. The van der Waals surface area contributed by atoms with Crippen LogP contribution in [0.5, 0.6) is 0 Å². The van der Waals surface area contributed by atoms with Crippen LogP contribution >= 0.6 is 0 Å². The molecule has 4 aromatic carbocycles. The fourth-order valence-electron chi connectivity index (χ4n) is 4.59. The van der Waals surface area contributed by atoms with Crippen LogP contribution in [0.2, 0.25) is 0 Å². The number of ether oxygens (including phenoxy) is 1. The lowest BCUT2D eigenvalue weighted by Gasteiger charge is -2.15. The van der Waals surface area contributed by atoms with E-state index in [0.29, 0.717) is 16.7 Å². The van der Waals surface area contributed by atoms with Crippen LogP contribution in [-0.4, -0.2) is 11.1 Å². The molecule has 0 aliphatic heterocycles. The summed E-state index contributed by atoms with van der Waals surface area (Å²) in [6.45, 7) is 7.49. The Morgan fingerprint density at radius 1 is 0.795 bits per heavy atom. The summed E-state index contributed by atoms with van der Waals surface area (Å²) in [5, 5.41) is 9.28. The lowest BCUT2D eigenvalue weighted by Crippen LogP contribution is -2.06. The van der Waals surface area contributed by atoms with Gasteiger partial charge in [-0.3, -0.25) is 0 Å². The Morgan fingerprint density at radius 3 is 2.05 bits per heavy atom. The van der Waals surface area contributed by atoms with Crippen LogP contribution in [0.4, 0.5) is 4.39 Å². The van der Waals surface area contributed by atoms with E-state index in [1.807, 2.05) is 24.3 Å². The van der Waals surface area contributed by atoms with Crippen LogP contribution in [0.3, 0.4) is 0 Å². The quantitative estimate of drug-likeness (QED) is 0.122. The van der Waals surface area contributed by atoms with Crippen LogP contribution in [-0.2, 0) is 29.2 Å². The van der Waals surface area contributed by atoms with E-state index in [1.165, 1.54) is 30.9 Å². The first kappa shape index (κ1) is 28.0. The van der Waals surface area contributed by atoms with E-state index in [1.54, 1.807) is 37.3 Å². The molecule has 0 bridgehead atoms. The SMILES string of the molecule is C=C(C)C(=O)OCc1cc(-c2ccc(CCCCC)cc2)ccc1-c1ccc(-c2ccc(CO)cc2)c(F)c1. The molecule has 0 amide bonds. The normalized spacial score (nSPS) is 10.9. The molecule has 0 saturated carbocycles. The fraction of sp³-hybridized carbons (Fsp3) is 0.229. The number of benzene rings is 4. The molecule has 3 nitrogen and oxygen atoms in total. The van der Waals surface area contributed by atoms with Gasteiger partial charge in [-0.05, 0) is 76.4 Å². The van der Waals surface area contributed by atoms with E-state index >= 15 is 4.39 Å². The van der Waals surface area contributed by atoms with Gasteiger partial charge in [0.1, 0.15) is 12.4 Å². The summed E-state index contributed by atoms with van der Waals surface area (Å²) >= 11 is 0. The molecular weight excluding hydrogens is 487 g/mol. The number of carbonyl (C=O) groups excluding carboxylic acids is 1. The first-order valence-electron chi connectivity index (χ1n) is 13.4. The number of rotatable bonds is 11. The standard InChI is InChI=1S/C35H35FO3/c1-4-5-6-7-25-8-12-27(13-9-25)29-16-18-32(31(20-29)23-39-35(38)24(2)3)30-17-19-33(34(36)21-30)28-14-10-26(22-37)11-15-28/h8-21,37H,2,4-7,22-23H2,1,3H3. The van der Waals surface area contributed by atoms with Crippen molar-refractivity contribution in [1.82, 2.24) is 0 Å². The van der Waals surface area contributed by atoms with Crippen molar-refractivity contribution in [3.05, 3.63) is 120 Å². The second-order valence-corrected chi connectivity index (χ2v) is 9.93. The van der Waals surface area contributed by atoms with Gasteiger partial charge in [-0.2, -0.15) is 0 Å². The summed E-state index contributed by atoms with van der Waals surface area (Å²) in [4.78, 5) is 12.2. The summed E-state index contributed by atoms with van der Waals surface area (Å²) in [6, 6.07) is 26.9. The third kappa shape index (κ3) is 7.10. The average Bonchev–Trinajstić information content (AvgIpc) is 2.96. The van der Waals surface area contributed by atoms with E-state index in [-0.39, 0.29) is 19.0 Å². The summed E-state index contributed by atoms with van der Waals surface area (Å²) in [6.07, 6.45) is 4.69. The molecule has 0 atom stereocenters. The van der Waals surface area contributed by atoms with Crippen molar-refractivity contribution in [3.63, 3.8) is 0 Å². The number of esters is 1. The Labute approximate surface area is 230 Å². The third-order valence-corrected chi connectivity index (χ3v) is 6.90. The molecule has 0 spiro atoms. The number of aryl methyl sites for hydroxylation is 1. The molecular formula is C35H35FO3. The lowest BCUT2D eigenvalue weighted by atomic mass is 9.93. The molecule has 0 radical (unpaired) electrons. The van der Waals surface area contributed by atoms with Gasteiger partial charge in [-0.1, -0.05) is 99.1 Å². The summed E-state index contributed by atoms with van der Waals surface area (Å²) in [5.74, 6) is -0.812. The van der Waals surface area contributed by atoms with Crippen molar-refractivity contribution in [1.29, 1.82) is 0 Å². The minimum atomic E-state index is -0.462. The van der Waals surface area contributed by atoms with Crippen molar-refractivity contribution in [2.75, 3.05) is 0 Å². The van der Waals surface area contributed by atoms with E-state index in [9.17, 15) is 9.90 Å². The number of hydrogen-bond acceptors (Lipinski definition) is 3. The van der Waals surface area contributed by atoms with Crippen molar-refractivity contribution in [3.8, 4) is 33.4 Å². The smallest absolute Gasteiger partial charge is 0.333 e. The lowest BCUT2D eigenvalue weighted by molar-refractivity contribution is -0.140. The van der Waals surface area contributed by atoms with Gasteiger partial charge in [0.25, 0.3) is 0 Å². The zero-order valence-corrected chi connectivity index (χ0v) is 22.7. The second kappa shape index (κ2) is 13.2. The molecule has 4 heteroatoms. The Bertz CT molecular complexity index is 1440. The van der Waals surface area contributed by atoms with Crippen LogP contribution < -0.4 is 0 Å². The maximum absolute atomic E-state index is 15.3. The highest BCUT2D eigenvalue weighted by Crippen LogP contribution is 2.33. The number of halogens is 1. The van der Waals surface area contributed by atoms with Crippen LogP contribution in [0, 0.1) is 5.82 Å². The monoisotopic (exact) mass is 522 g/mol. The molecule has 0 aliphatic carbocycles.